The molecule has 0 fully saturated rings. The van der Waals surface area contributed by atoms with Crippen molar-refractivity contribution >= 4 is 0 Å². The molecule has 0 saturated carbocycles. The maximum absolute atomic E-state index is 4.20. The van der Waals surface area contributed by atoms with Crippen molar-refractivity contribution in [1.82, 2.24) is 15.2 Å². The van der Waals surface area contributed by atoms with Gasteiger partial charge in [0.05, 0.1) is 6.04 Å². The van der Waals surface area contributed by atoms with Gasteiger partial charge >= 0.3 is 0 Å². The molecule has 90 valence electrons. The summed E-state index contributed by atoms with van der Waals surface area (Å²) >= 11 is 0. The Morgan fingerprint density at radius 3 is 2.38 bits per heavy atom. The van der Waals surface area contributed by atoms with E-state index >= 15 is 0 Å². The minimum Gasteiger partial charge on any atom is -0.310 e. The molecule has 1 N–H and O–H groups in total. The van der Waals surface area contributed by atoms with Crippen LogP contribution < -0.4 is 5.32 Å². The second-order valence-electron chi connectivity index (χ2n) is 4.80. The number of nitrogens with one attached hydrogen (secondary N) is 1. The lowest BCUT2D eigenvalue weighted by atomic mass is 10.0. The van der Waals surface area contributed by atoms with Gasteiger partial charge in [-0.15, -0.1) is 0 Å². The van der Waals surface area contributed by atoms with Gasteiger partial charge in [-0.05, 0) is 32.6 Å². The molecule has 0 unspecified atom stereocenters. The molecule has 0 amide bonds. The quantitative estimate of drug-likeness (QED) is 0.825. The van der Waals surface area contributed by atoms with Crippen LogP contribution in [0.25, 0.3) is 0 Å². The van der Waals surface area contributed by atoms with E-state index in [0.29, 0.717) is 18.1 Å². The van der Waals surface area contributed by atoms with Crippen molar-refractivity contribution in [3.63, 3.8) is 0 Å². The smallest absolute Gasteiger partial charge is 0.0508 e. The van der Waals surface area contributed by atoms with Gasteiger partial charge in [-0.25, -0.2) is 0 Å². The first kappa shape index (κ1) is 13.1. The second kappa shape index (κ2) is 5.97. The first-order valence-corrected chi connectivity index (χ1v) is 5.84. The molecule has 0 bridgehead atoms. The topological polar surface area (TPSA) is 28.2 Å². The number of nitrogens with zero attached hydrogens (tertiary/aromatic N) is 2. The first-order valence-electron chi connectivity index (χ1n) is 5.84. The molecule has 3 heteroatoms. The van der Waals surface area contributed by atoms with Crippen LogP contribution in [0.3, 0.4) is 0 Å². The molecule has 0 saturated heterocycles. The SMILES string of the molecule is CC(C)N[C@@H](C)[C@H](c1cccnc1)N(C)C. The average Bonchev–Trinajstić information content (AvgIpc) is 2.17. The van der Waals surface area contributed by atoms with Crippen LogP contribution >= 0.6 is 0 Å². The number of hydrogen-bond donors (Lipinski definition) is 1. The van der Waals surface area contributed by atoms with E-state index in [1.165, 1.54) is 5.56 Å². The van der Waals surface area contributed by atoms with Crippen molar-refractivity contribution < 1.29 is 0 Å². The van der Waals surface area contributed by atoms with Gasteiger partial charge in [0.2, 0.25) is 0 Å². The van der Waals surface area contributed by atoms with Crippen molar-refractivity contribution in [3.8, 4) is 0 Å². The van der Waals surface area contributed by atoms with E-state index in [2.05, 4.69) is 56.1 Å². The molecule has 0 aliphatic rings. The molecule has 0 aromatic carbocycles. The van der Waals surface area contributed by atoms with E-state index in [1.54, 1.807) is 0 Å². The predicted octanol–water partition coefficient (Wildman–Crippen LogP) is 2.07. The highest BCUT2D eigenvalue weighted by molar-refractivity contribution is 5.16. The summed E-state index contributed by atoms with van der Waals surface area (Å²) < 4.78 is 0. The van der Waals surface area contributed by atoms with Crippen LogP contribution in [0.2, 0.25) is 0 Å². The zero-order valence-corrected chi connectivity index (χ0v) is 10.9. The highest BCUT2D eigenvalue weighted by Crippen LogP contribution is 2.21. The van der Waals surface area contributed by atoms with E-state index in [1.807, 2.05) is 18.5 Å². The lowest BCUT2D eigenvalue weighted by Crippen LogP contribution is -2.42. The Morgan fingerprint density at radius 1 is 1.25 bits per heavy atom. The third-order valence-corrected chi connectivity index (χ3v) is 2.65. The third kappa shape index (κ3) is 3.58. The molecule has 16 heavy (non-hydrogen) atoms. The number of likely N-dealkylation sites (N-methyl/N-ethyl adjacent to an activating group) is 1. The molecular weight excluding hydrogens is 198 g/mol. The number of rotatable bonds is 5. The van der Waals surface area contributed by atoms with Crippen molar-refractivity contribution in [2.45, 2.75) is 38.9 Å². The van der Waals surface area contributed by atoms with E-state index in [9.17, 15) is 0 Å². The van der Waals surface area contributed by atoms with Crippen LogP contribution in [0.4, 0.5) is 0 Å². The zero-order chi connectivity index (χ0) is 12.1. The fourth-order valence-corrected chi connectivity index (χ4v) is 2.20. The largest absolute Gasteiger partial charge is 0.310 e. The molecule has 1 aromatic rings. The summed E-state index contributed by atoms with van der Waals surface area (Å²) in [5.41, 5.74) is 1.26. The van der Waals surface area contributed by atoms with Gasteiger partial charge in [0.1, 0.15) is 0 Å². The average molecular weight is 221 g/mol. The standard InChI is InChI=1S/C13H23N3/c1-10(2)15-11(3)13(16(4)5)12-7-6-8-14-9-12/h6-11,13,15H,1-5H3/t11-,13+/m0/s1. The summed E-state index contributed by atoms with van der Waals surface area (Å²) in [6.45, 7) is 6.57. The van der Waals surface area contributed by atoms with E-state index in [4.69, 9.17) is 0 Å². The highest BCUT2D eigenvalue weighted by atomic mass is 15.1. The normalized spacial score (nSPS) is 15.4. The fourth-order valence-electron chi connectivity index (χ4n) is 2.20. The zero-order valence-electron chi connectivity index (χ0n) is 10.9. The van der Waals surface area contributed by atoms with E-state index < -0.39 is 0 Å². The van der Waals surface area contributed by atoms with Crippen molar-refractivity contribution in [3.05, 3.63) is 30.1 Å². The molecule has 0 spiro atoms. The molecule has 3 nitrogen and oxygen atoms in total. The molecule has 0 radical (unpaired) electrons. The van der Waals surface area contributed by atoms with Crippen LogP contribution in [0.1, 0.15) is 32.4 Å². The van der Waals surface area contributed by atoms with Crippen molar-refractivity contribution in [2.24, 2.45) is 0 Å². The summed E-state index contributed by atoms with van der Waals surface area (Å²) in [5, 5.41) is 3.55. The number of pyridine rings is 1. The van der Waals surface area contributed by atoms with Gasteiger partial charge in [0.15, 0.2) is 0 Å². The maximum Gasteiger partial charge on any atom is 0.0508 e. The Labute approximate surface area is 98.9 Å². The van der Waals surface area contributed by atoms with Crippen molar-refractivity contribution in [1.29, 1.82) is 0 Å². The Morgan fingerprint density at radius 2 is 1.94 bits per heavy atom. The Hall–Kier alpha value is -0.930. The minimum atomic E-state index is 0.357. The maximum atomic E-state index is 4.20. The van der Waals surface area contributed by atoms with Gasteiger partial charge in [0, 0.05) is 24.5 Å². The van der Waals surface area contributed by atoms with Crippen LogP contribution in [0.15, 0.2) is 24.5 Å². The summed E-state index contributed by atoms with van der Waals surface area (Å²) in [7, 11) is 4.21. The van der Waals surface area contributed by atoms with Crippen molar-refractivity contribution in [2.75, 3.05) is 14.1 Å². The van der Waals surface area contributed by atoms with Gasteiger partial charge < -0.3 is 10.2 Å². The van der Waals surface area contributed by atoms with Gasteiger partial charge in [-0.1, -0.05) is 19.9 Å². The Kier molecular flexibility index (Phi) is 4.90. The molecule has 0 aliphatic carbocycles. The molecule has 2 atom stereocenters. The summed E-state index contributed by atoms with van der Waals surface area (Å²) in [6.07, 6.45) is 3.76. The van der Waals surface area contributed by atoms with E-state index in [0.717, 1.165) is 0 Å². The molecule has 0 aliphatic heterocycles. The highest BCUT2D eigenvalue weighted by Gasteiger charge is 2.21. The van der Waals surface area contributed by atoms with E-state index in [-0.39, 0.29) is 0 Å². The molecule has 1 rings (SSSR count). The number of aromatic nitrogens is 1. The minimum absolute atomic E-state index is 0.357. The summed E-state index contributed by atoms with van der Waals surface area (Å²) in [6, 6.07) is 5.38. The van der Waals surface area contributed by atoms with Crippen LogP contribution in [0.5, 0.6) is 0 Å². The van der Waals surface area contributed by atoms with Crippen LogP contribution in [-0.4, -0.2) is 36.1 Å². The fraction of sp³-hybridized carbons (Fsp3) is 0.615. The molecular formula is C13H23N3. The van der Waals surface area contributed by atoms with Crippen LogP contribution in [-0.2, 0) is 0 Å². The second-order valence-corrected chi connectivity index (χ2v) is 4.80. The molecule has 1 heterocycles. The first-order chi connectivity index (χ1) is 7.52. The Balaban J connectivity index is 2.83. The Bertz CT molecular complexity index is 295. The summed E-state index contributed by atoms with van der Waals surface area (Å²) in [5.74, 6) is 0. The lowest BCUT2D eigenvalue weighted by Gasteiger charge is -2.32. The lowest BCUT2D eigenvalue weighted by molar-refractivity contribution is 0.232. The number of hydrogen-bond acceptors (Lipinski definition) is 3. The predicted molar refractivity (Wildman–Crippen MR) is 68.4 cm³/mol. The summed E-state index contributed by atoms with van der Waals surface area (Å²) in [4.78, 5) is 6.43. The monoisotopic (exact) mass is 221 g/mol. The van der Waals surface area contributed by atoms with Gasteiger partial charge in [-0.3, -0.25) is 4.98 Å². The van der Waals surface area contributed by atoms with Gasteiger partial charge in [0.25, 0.3) is 0 Å². The third-order valence-electron chi connectivity index (χ3n) is 2.65. The van der Waals surface area contributed by atoms with Gasteiger partial charge in [-0.2, -0.15) is 0 Å². The van der Waals surface area contributed by atoms with Crippen LogP contribution in [0, 0.1) is 0 Å². The molecule has 1 aromatic heterocycles.